The maximum atomic E-state index is 4.25. The molecule has 90 valence electrons. The summed E-state index contributed by atoms with van der Waals surface area (Å²) in [6.45, 7) is 0. The molecule has 1 fully saturated rings. The van der Waals surface area contributed by atoms with Gasteiger partial charge in [0.2, 0.25) is 0 Å². The van der Waals surface area contributed by atoms with Crippen LogP contribution in [-0.2, 0) is 18.8 Å². The number of aromatic nitrogens is 3. The number of hydrogen-bond acceptors (Lipinski definition) is 2. The molecule has 0 saturated heterocycles. The van der Waals surface area contributed by atoms with Crippen LogP contribution in [0.3, 0.4) is 0 Å². The lowest BCUT2D eigenvalue weighted by Crippen LogP contribution is -2.09. The van der Waals surface area contributed by atoms with Crippen molar-refractivity contribution in [2.75, 3.05) is 0 Å². The minimum atomic E-state index is 0.792. The van der Waals surface area contributed by atoms with E-state index in [1.165, 1.54) is 38.5 Å². The van der Waals surface area contributed by atoms with Gasteiger partial charge in [-0.05, 0) is 12.3 Å². The lowest BCUT2D eigenvalue weighted by Gasteiger charge is -2.20. The first-order chi connectivity index (χ1) is 7.81. The van der Waals surface area contributed by atoms with Crippen molar-refractivity contribution < 1.29 is 0 Å². The van der Waals surface area contributed by atoms with Crippen molar-refractivity contribution in [3.05, 3.63) is 11.6 Å². The Morgan fingerprint density at radius 1 is 1.19 bits per heavy atom. The highest BCUT2D eigenvalue weighted by Crippen LogP contribution is 2.27. The highest BCUT2D eigenvalue weighted by molar-refractivity contribution is 9.08. The van der Waals surface area contributed by atoms with Gasteiger partial charge in [0.05, 0.1) is 5.33 Å². The molecule has 0 N–H and O–H groups in total. The molecule has 1 heterocycles. The molecule has 0 aromatic carbocycles. The van der Waals surface area contributed by atoms with Gasteiger partial charge in [-0.1, -0.05) is 48.0 Å². The second-order valence-electron chi connectivity index (χ2n) is 4.77. The van der Waals surface area contributed by atoms with Gasteiger partial charge >= 0.3 is 0 Å². The molecule has 1 saturated carbocycles. The lowest BCUT2D eigenvalue weighted by molar-refractivity contribution is 0.336. The molecule has 1 aromatic heterocycles. The molecule has 0 aliphatic heterocycles. The van der Waals surface area contributed by atoms with Crippen molar-refractivity contribution in [2.24, 2.45) is 13.0 Å². The third kappa shape index (κ3) is 2.84. The average molecular weight is 286 g/mol. The molecule has 1 aliphatic carbocycles. The Balaban J connectivity index is 1.86. The van der Waals surface area contributed by atoms with Crippen LogP contribution in [-0.4, -0.2) is 14.8 Å². The first-order valence-corrected chi connectivity index (χ1v) is 7.36. The quantitative estimate of drug-likeness (QED) is 0.796. The van der Waals surface area contributed by atoms with E-state index in [1.54, 1.807) is 0 Å². The van der Waals surface area contributed by atoms with Gasteiger partial charge in [0.1, 0.15) is 11.6 Å². The summed E-state index contributed by atoms with van der Waals surface area (Å²) in [6, 6.07) is 0. The van der Waals surface area contributed by atoms with Gasteiger partial charge in [-0.25, -0.2) is 0 Å². The second-order valence-corrected chi connectivity index (χ2v) is 5.33. The molecule has 3 nitrogen and oxygen atoms in total. The van der Waals surface area contributed by atoms with Crippen LogP contribution in [0.5, 0.6) is 0 Å². The van der Waals surface area contributed by atoms with Crippen LogP contribution >= 0.6 is 15.9 Å². The fourth-order valence-corrected chi connectivity index (χ4v) is 3.03. The molecule has 0 radical (unpaired) electrons. The fourth-order valence-electron chi connectivity index (χ4n) is 2.54. The molecule has 4 heteroatoms. The Kier molecular flexibility index (Phi) is 4.38. The van der Waals surface area contributed by atoms with Crippen molar-refractivity contribution in [3.63, 3.8) is 0 Å². The standard InChI is InChI=1S/C12H20BrN3/c1-16-11(14-15-12(16)9-13)8-7-10-5-3-2-4-6-10/h10H,2-9H2,1H3. The molecule has 0 atom stereocenters. The molecule has 0 amide bonds. The van der Waals surface area contributed by atoms with E-state index in [0.29, 0.717) is 0 Å². The topological polar surface area (TPSA) is 30.7 Å². The summed E-state index contributed by atoms with van der Waals surface area (Å²) >= 11 is 3.43. The van der Waals surface area contributed by atoms with E-state index in [2.05, 4.69) is 37.7 Å². The molecular weight excluding hydrogens is 266 g/mol. The van der Waals surface area contributed by atoms with E-state index in [9.17, 15) is 0 Å². The number of hydrogen-bond donors (Lipinski definition) is 0. The summed E-state index contributed by atoms with van der Waals surface area (Å²) in [5.74, 6) is 3.09. The number of halogens is 1. The molecule has 1 aromatic rings. The first kappa shape index (κ1) is 12.1. The van der Waals surface area contributed by atoms with E-state index in [0.717, 1.165) is 29.3 Å². The summed E-state index contributed by atoms with van der Waals surface area (Å²) in [4.78, 5) is 0. The van der Waals surface area contributed by atoms with E-state index < -0.39 is 0 Å². The third-order valence-corrected chi connectivity index (χ3v) is 4.18. The zero-order valence-corrected chi connectivity index (χ0v) is 11.5. The van der Waals surface area contributed by atoms with E-state index in [4.69, 9.17) is 0 Å². The Bertz CT molecular complexity index is 329. The normalized spacial score (nSPS) is 17.9. The van der Waals surface area contributed by atoms with Crippen LogP contribution in [0.25, 0.3) is 0 Å². The van der Waals surface area contributed by atoms with Crippen molar-refractivity contribution in [1.29, 1.82) is 0 Å². The zero-order chi connectivity index (χ0) is 11.4. The number of alkyl halides is 1. The lowest BCUT2D eigenvalue weighted by atomic mass is 9.86. The zero-order valence-electron chi connectivity index (χ0n) is 9.95. The van der Waals surface area contributed by atoms with Crippen LogP contribution in [0, 0.1) is 5.92 Å². The minimum Gasteiger partial charge on any atom is -0.317 e. The first-order valence-electron chi connectivity index (χ1n) is 6.24. The van der Waals surface area contributed by atoms with Crippen LogP contribution in [0.4, 0.5) is 0 Å². The van der Waals surface area contributed by atoms with E-state index >= 15 is 0 Å². The van der Waals surface area contributed by atoms with Crippen LogP contribution in [0.1, 0.15) is 50.2 Å². The summed E-state index contributed by atoms with van der Waals surface area (Å²) in [6.07, 6.45) is 9.50. The summed E-state index contributed by atoms with van der Waals surface area (Å²) < 4.78 is 2.12. The summed E-state index contributed by atoms with van der Waals surface area (Å²) in [5.41, 5.74) is 0. The largest absolute Gasteiger partial charge is 0.317 e. The van der Waals surface area contributed by atoms with Crippen LogP contribution in [0.15, 0.2) is 0 Å². The van der Waals surface area contributed by atoms with Gasteiger partial charge in [-0.15, -0.1) is 10.2 Å². The molecule has 1 aliphatic rings. The molecule has 2 rings (SSSR count). The van der Waals surface area contributed by atoms with E-state index in [-0.39, 0.29) is 0 Å². The van der Waals surface area contributed by atoms with Crippen molar-refractivity contribution in [1.82, 2.24) is 14.8 Å². The maximum absolute atomic E-state index is 4.25. The fraction of sp³-hybridized carbons (Fsp3) is 0.833. The highest BCUT2D eigenvalue weighted by atomic mass is 79.9. The molecule has 16 heavy (non-hydrogen) atoms. The van der Waals surface area contributed by atoms with Gasteiger partial charge in [-0.2, -0.15) is 0 Å². The van der Waals surface area contributed by atoms with Crippen molar-refractivity contribution in [2.45, 2.75) is 50.3 Å². The van der Waals surface area contributed by atoms with Crippen LogP contribution in [0.2, 0.25) is 0 Å². The van der Waals surface area contributed by atoms with Crippen molar-refractivity contribution in [3.8, 4) is 0 Å². The molecule has 0 spiro atoms. The molecule has 0 unspecified atom stereocenters. The molecule has 0 bridgehead atoms. The molecular formula is C12H20BrN3. The smallest absolute Gasteiger partial charge is 0.143 e. The van der Waals surface area contributed by atoms with Gasteiger partial charge in [0.25, 0.3) is 0 Å². The predicted octanol–water partition coefficient (Wildman–Crippen LogP) is 3.22. The SMILES string of the molecule is Cn1c(CBr)nnc1CCC1CCCCC1. The minimum absolute atomic E-state index is 0.792. The Labute approximate surface area is 106 Å². The van der Waals surface area contributed by atoms with Gasteiger partial charge in [0, 0.05) is 13.5 Å². The monoisotopic (exact) mass is 285 g/mol. The van der Waals surface area contributed by atoms with E-state index in [1.807, 2.05) is 0 Å². The Hall–Kier alpha value is -0.380. The average Bonchev–Trinajstić information content (AvgIpc) is 2.69. The Morgan fingerprint density at radius 3 is 2.50 bits per heavy atom. The summed E-state index contributed by atoms with van der Waals surface area (Å²) in [5, 5.41) is 9.21. The second kappa shape index (κ2) is 5.80. The third-order valence-electron chi connectivity index (χ3n) is 3.68. The maximum Gasteiger partial charge on any atom is 0.143 e. The number of rotatable bonds is 4. The van der Waals surface area contributed by atoms with Crippen LogP contribution < -0.4 is 0 Å². The number of aryl methyl sites for hydroxylation is 1. The highest BCUT2D eigenvalue weighted by Gasteiger charge is 2.15. The predicted molar refractivity (Wildman–Crippen MR) is 68.5 cm³/mol. The number of nitrogens with zero attached hydrogens (tertiary/aromatic N) is 3. The van der Waals surface area contributed by atoms with Gasteiger partial charge < -0.3 is 4.57 Å². The Morgan fingerprint density at radius 2 is 1.88 bits per heavy atom. The van der Waals surface area contributed by atoms with Gasteiger partial charge in [0.15, 0.2) is 0 Å². The van der Waals surface area contributed by atoms with Crippen molar-refractivity contribution >= 4 is 15.9 Å². The van der Waals surface area contributed by atoms with Gasteiger partial charge in [-0.3, -0.25) is 0 Å². The summed E-state index contributed by atoms with van der Waals surface area (Å²) in [7, 11) is 2.06.